The first kappa shape index (κ1) is 20.4. The van der Waals surface area contributed by atoms with Gasteiger partial charge in [0, 0.05) is 23.5 Å². The van der Waals surface area contributed by atoms with Crippen molar-refractivity contribution in [2.45, 2.75) is 6.42 Å². The van der Waals surface area contributed by atoms with Crippen LogP contribution in [0, 0.1) is 0 Å². The maximum Gasteiger partial charge on any atom is 0.233 e. The summed E-state index contributed by atoms with van der Waals surface area (Å²) in [6.45, 7) is 1.83. The molecule has 0 atom stereocenters. The van der Waals surface area contributed by atoms with E-state index >= 15 is 0 Å². The van der Waals surface area contributed by atoms with Crippen LogP contribution in [0.5, 0.6) is 5.75 Å². The monoisotopic (exact) mass is 445 g/mol. The highest BCUT2D eigenvalue weighted by Crippen LogP contribution is 2.23. The van der Waals surface area contributed by atoms with Crippen LogP contribution in [0.4, 0.5) is 34.9 Å². The van der Waals surface area contributed by atoms with Crippen molar-refractivity contribution >= 4 is 41.2 Å². The number of phenols is 1. The first-order chi connectivity index (χ1) is 16.2. The van der Waals surface area contributed by atoms with Gasteiger partial charge >= 0.3 is 0 Å². The van der Waals surface area contributed by atoms with E-state index in [1.165, 1.54) is 0 Å². The first-order valence-corrected chi connectivity index (χ1v) is 10.5. The number of aromatic hydroxyl groups is 1. The molecule has 5 N–H and O–H groups in total. The SMILES string of the molecule is Oc1ccc(Nc2nc(NCC3=CCCO3)nc(Nc3ccc(N4C=NNC4)cc3)n2)cc1. The summed E-state index contributed by atoms with van der Waals surface area (Å²) in [5.41, 5.74) is 5.49. The van der Waals surface area contributed by atoms with Crippen molar-refractivity contribution in [1.29, 1.82) is 0 Å². The van der Waals surface area contributed by atoms with Gasteiger partial charge in [-0.1, -0.05) is 0 Å². The van der Waals surface area contributed by atoms with Crippen molar-refractivity contribution in [3.63, 3.8) is 0 Å². The van der Waals surface area contributed by atoms with Crippen LogP contribution in [0.2, 0.25) is 0 Å². The fourth-order valence-corrected chi connectivity index (χ4v) is 3.29. The summed E-state index contributed by atoms with van der Waals surface area (Å²) in [5, 5.41) is 23.1. The van der Waals surface area contributed by atoms with Crippen molar-refractivity contribution in [3.05, 3.63) is 60.4 Å². The molecule has 0 amide bonds. The molecular weight excluding hydrogens is 422 g/mol. The Morgan fingerprint density at radius 1 is 0.909 bits per heavy atom. The van der Waals surface area contributed by atoms with Crippen LogP contribution in [0.3, 0.4) is 0 Å². The Bertz CT molecular complexity index is 1160. The summed E-state index contributed by atoms with van der Waals surface area (Å²) in [4.78, 5) is 15.4. The van der Waals surface area contributed by atoms with Gasteiger partial charge in [0.15, 0.2) is 0 Å². The minimum absolute atomic E-state index is 0.185. The van der Waals surface area contributed by atoms with E-state index < -0.39 is 0 Å². The van der Waals surface area contributed by atoms with E-state index in [1.807, 2.05) is 35.2 Å². The van der Waals surface area contributed by atoms with Crippen molar-refractivity contribution in [3.8, 4) is 5.75 Å². The molecule has 1 aromatic heterocycles. The Labute approximate surface area is 190 Å². The topological polar surface area (TPSA) is 132 Å². The van der Waals surface area contributed by atoms with Crippen molar-refractivity contribution in [2.75, 3.05) is 40.7 Å². The van der Waals surface area contributed by atoms with E-state index in [9.17, 15) is 5.11 Å². The summed E-state index contributed by atoms with van der Waals surface area (Å²) in [5.74, 6) is 2.20. The molecule has 11 nitrogen and oxygen atoms in total. The zero-order chi connectivity index (χ0) is 22.5. The summed E-state index contributed by atoms with van der Waals surface area (Å²) in [6.07, 6.45) is 4.70. The van der Waals surface area contributed by atoms with Crippen LogP contribution in [0.25, 0.3) is 0 Å². The Morgan fingerprint density at radius 2 is 1.58 bits per heavy atom. The zero-order valence-electron chi connectivity index (χ0n) is 17.7. The van der Waals surface area contributed by atoms with Crippen LogP contribution in [0.15, 0.2) is 65.5 Å². The summed E-state index contributed by atoms with van der Waals surface area (Å²) in [6, 6.07) is 14.5. The predicted molar refractivity (Wildman–Crippen MR) is 127 cm³/mol. The molecule has 0 aliphatic carbocycles. The summed E-state index contributed by atoms with van der Waals surface area (Å²) in [7, 11) is 0. The maximum atomic E-state index is 9.52. The van der Waals surface area contributed by atoms with E-state index in [1.54, 1.807) is 30.6 Å². The fraction of sp³-hybridized carbons (Fsp3) is 0.182. The van der Waals surface area contributed by atoms with Gasteiger partial charge in [-0.3, -0.25) is 5.43 Å². The molecule has 0 fully saturated rings. The molecule has 3 aromatic rings. The Morgan fingerprint density at radius 3 is 2.18 bits per heavy atom. The molecule has 0 saturated carbocycles. The summed E-state index contributed by atoms with van der Waals surface area (Å²) >= 11 is 0. The number of nitrogens with one attached hydrogen (secondary N) is 4. The zero-order valence-corrected chi connectivity index (χ0v) is 17.7. The second-order valence-corrected chi connectivity index (χ2v) is 7.34. The van der Waals surface area contributed by atoms with Crippen LogP contribution in [-0.4, -0.2) is 46.2 Å². The lowest BCUT2D eigenvalue weighted by Gasteiger charge is -2.14. The fourth-order valence-electron chi connectivity index (χ4n) is 3.29. The van der Waals surface area contributed by atoms with Crippen LogP contribution < -0.4 is 26.3 Å². The quantitative estimate of drug-likeness (QED) is 0.330. The molecule has 3 heterocycles. The number of aromatic nitrogens is 3. The number of benzene rings is 2. The first-order valence-electron chi connectivity index (χ1n) is 10.5. The van der Waals surface area contributed by atoms with E-state index in [4.69, 9.17) is 4.74 Å². The third kappa shape index (κ3) is 5.21. The Hall–Kier alpha value is -4.54. The number of hydrazone groups is 1. The molecule has 0 spiro atoms. The minimum Gasteiger partial charge on any atom is -0.508 e. The lowest BCUT2D eigenvalue weighted by molar-refractivity contribution is 0.243. The van der Waals surface area contributed by atoms with Crippen molar-refractivity contribution < 1.29 is 9.84 Å². The predicted octanol–water partition coefficient (Wildman–Crippen LogP) is 3.09. The van der Waals surface area contributed by atoms with E-state index in [2.05, 4.69) is 41.4 Å². The van der Waals surface area contributed by atoms with Gasteiger partial charge < -0.3 is 30.7 Å². The van der Waals surface area contributed by atoms with Gasteiger partial charge in [0.1, 0.15) is 24.5 Å². The lowest BCUT2D eigenvalue weighted by Crippen LogP contribution is -2.22. The van der Waals surface area contributed by atoms with Gasteiger partial charge in [0.25, 0.3) is 0 Å². The van der Waals surface area contributed by atoms with Gasteiger partial charge in [-0.2, -0.15) is 20.1 Å². The van der Waals surface area contributed by atoms with Crippen LogP contribution in [-0.2, 0) is 4.74 Å². The van der Waals surface area contributed by atoms with E-state index in [0.717, 1.165) is 29.2 Å². The van der Waals surface area contributed by atoms with Gasteiger partial charge in [-0.15, -0.1) is 0 Å². The molecule has 0 bridgehead atoms. The largest absolute Gasteiger partial charge is 0.508 e. The highest BCUT2D eigenvalue weighted by atomic mass is 16.5. The highest BCUT2D eigenvalue weighted by Gasteiger charge is 2.11. The molecule has 2 aromatic carbocycles. The van der Waals surface area contributed by atoms with Gasteiger partial charge in [0.05, 0.1) is 13.2 Å². The second kappa shape index (κ2) is 9.30. The number of anilines is 6. The Balaban J connectivity index is 1.35. The van der Waals surface area contributed by atoms with E-state index in [0.29, 0.717) is 37.7 Å². The highest BCUT2D eigenvalue weighted by molar-refractivity contribution is 5.80. The van der Waals surface area contributed by atoms with Gasteiger partial charge in [-0.25, -0.2) is 0 Å². The number of rotatable bonds is 8. The number of nitrogens with zero attached hydrogens (tertiary/aromatic N) is 5. The molecule has 0 radical (unpaired) electrons. The normalized spacial score (nSPS) is 14.4. The second-order valence-electron chi connectivity index (χ2n) is 7.34. The van der Waals surface area contributed by atoms with E-state index in [-0.39, 0.29) is 5.75 Å². The standard InChI is InChI=1S/C22H23N9O2/c32-18-9-5-16(6-10-18)27-22-29-20(23-12-19-2-1-11-33-19)28-21(30-22)26-15-3-7-17(8-4-15)31-13-24-25-14-31/h2-10,13,25,32H,1,11-12,14H2,(H3,23,26,27,28,29,30). The molecule has 0 saturated heterocycles. The molecule has 33 heavy (non-hydrogen) atoms. The van der Waals surface area contributed by atoms with Crippen LogP contribution >= 0.6 is 0 Å². The lowest BCUT2D eigenvalue weighted by atomic mass is 10.2. The number of ether oxygens (including phenoxy) is 1. The smallest absolute Gasteiger partial charge is 0.233 e. The number of phenolic OH excluding ortho intramolecular Hbond substituents is 1. The van der Waals surface area contributed by atoms with Gasteiger partial charge in [-0.05, 0) is 54.6 Å². The number of hydrogen-bond acceptors (Lipinski definition) is 11. The average Bonchev–Trinajstić information content (AvgIpc) is 3.54. The van der Waals surface area contributed by atoms with Crippen LogP contribution in [0.1, 0.15) is 6.42 Å². The molecule has 2 aliphatic heterocycles. The average molecular weight is 445 g/mol. The third-order valence-corrected chi connectivity index (χ3v) is 4.94. The molecule has 2 aliphatic rings. The minimum atomic E-state index is 0.185. The van der Waals surface area contributed by atoms with Crippen molar-refractivity contribution in [2.24, 2.45) is 5.10 Å². The molecule has 5 rings (SSSR count). The Kier molecular flexibility index (Phi) is 5.74. The molecule has 11 heteroatoms. The third-order valence-electron chi connectivity index (χ3n) is 4.94. The number of hydrogen-bond donors (Lipinski definition) is 5. The van der Waals surface area contributed by atoms with Gasteiger partial charge in [0.2, 0.25) is 17.8 Å². The van der Waals surface area contributed by atoms with Crippen molar-refractivity contribution in [1.82, 2.24) is 20.4 Å². The molecule has 168 valence electrons. The molecule has 0 unspecified atom stereocenters. The summed E-state index contributed by atoms with van der Waals surface area (Å²) < 4.78 is 5.55. The molecular formula is C22H23N9O2. The maximum absolute atomic E-state index is 9.52.